The van der Waals surface area contributed by atoms with Crippen molar-refractivity contribution in [3.63, 3.8) is 0 Å². The van der Waals surface area contributed by atoms with E-state index < -0.39 is 4.92 Å². The number of nitrogens with one attached hydrogen (secondary N) is 1. The lowest BCUT2D eigenvalue weighted by molar-refractivity contribution is -0.402. The van der Waals surface area contributed by atoms with Crippen LogP contribution in [0.4, 0.5) is 5.88 Å². The Kier molecular flexibility index (Phi) is 3.01. The Labute approximate surface area is 79.4 Å². The molecule has 0 radical (unpaired) electrons. The van der Waals surface area contributed by atoms with Gasteiger partial charge in [-0.05, 0) is 12.1 Å². The van der Waals surface area contributed by atoms with Crippen molar-refractivity contribution in [2.45, 2.75) is 0 Å². The largest absolute Gasteiger partial charge is 0.433 e. The third-order valence-corrected chi connectivity index (χ3v) is 1.44. The molecule has 0 unspecified atom stereocenters. The summed E-state index contributed by atoms with van der Waals surface area (Å²) in [6.07, 6.45) is 2.58. The van der Waals surface area contributed by atoms with Gasteiger partial charge in [-0.15, -0.1) is 0 Å². The van der Waals surface area contributed by atoms with Gasteiger partial charge in [-0.3, -0.25) is 14.9 Å². The molecule has 14 heavy (non-hydrogen) atoms. The zero-order valence-corrected chi connectivity index (χ0v) is 7.39. The predicted octanol–water partition coefficient (Wildman–Crippen LogP) is 0.947. The van der Waals surface area contributed by atoms with Crippen LogP contribution in [0.15, 0.2) is 22.6 Å². The van der Waals surface area contributed by atoms with Crippen LogP contribution in [0.3, 0.4) is 0 Å². The molecule has 6 heteroatoms. The van der Waals surface area contributed by atoms with Crippen LogP contribution in [0.2, 0.25) is 0 Å². The maximum Gasteiger partial charge on any atom is 0.433 e. The summed E-state index contributed by atoms with van der Waals surface area (Å²) in [4.78, 5) is 20.3. The molecule has 1 amide bonds. The van der Waals surface area contributed by atoms with E-state index in [9.17, 15) is 14.9 Å². The van der Waals surface area contributed by atoms with Crippen molar-refractivity contribution in [1.82, 2.24) is 5.32 Å². The summed E-state index contributed by atoms with van der Waals surface area (Å²) in [5, 5.41) is 12.6. The number of furan rings is 1. The zero-order chi connectivity index (χ0) is 10.6. The average molecular weight is 196 g/mol. The Hall–Kier alpha value is -2.11. The van der Waals surface area contributed by atoms with E-state index in [1.165, 1.54) is 31.3 Å². The predicted molar refractivity (Wildman–Crippen MR) is 48.5 cm³/mol. The van der Waals surface area contributed by atoms with Crippen LogP contribution in [0, 0.1) is 10.1 Å². The van der Waals surface area contributed by atoms with Gasteiger partial charge in [0.05, 0.1) is 6.07 Å². The van der Waals surface area contributed by atoms with Crippen molar-refractivity contribution in [3.8, 4) is 0 Å². The molecule has 1 N–H and O–H groups in total. The fourth-order valence-corrected chi connectivity index (χ4v) is 0.771. The third-order valence-electron chi connectivity index (χ3n) is 1.44. The number of nitrogens with zero attached hydrogens (tertiary/aromatic N) is 1. The van der Waals surface area contributed by atoms with Crippen LogP contribution in [0.1, 0.15) is 5.76 Å². The molecule has 0 saturated heterocycles. The standard InChI is InChI=1S/C8H8N2O4/c1-9-7(11)4-2-6-3-5-8(14-6)10(12)13/h2-5H,1H3,(H,9,11). The van der Waals surface area contributed by atoms with Gasteiger partial charge in [0.25, 0.3) is 0 Å². The second-order valence-electron chi connectivity index (χ2n) is 2.38. The molecule has 1 aromatic heterocycles. The molecule has 1 heterocycles. The molecule has 0 fully saturated rings. The van der Waals surface area contributed by atoms with E-state index in [0.717, 1.165) is 0 Å². The van der Waals surface area contributed by atoms with Crippen LogP contribution < -0.4 is 5.32 Å². The summed E-state index contributed by atoms with van der Waals surface area (Å²) in [5.74, 6) is -0.383. The highest BCUT2D eigenvalue weighted by molar-refractivity contribution is 5.91. The molecule has 0 atom stereocenters. The van der Waals surface area contributed by atoms with Gasteiger partial charge in [0.1, 0.15) is 10.7 Å². The highest BCUT2D eigenvalue weighted by Crippen LogP contribution is 2.16. The van der Waals surface area contributed by atoms with Gasteiger partial charge in [0, 0.05) is 13.1 Å². The number of likely N-dealkylation sites (N-methyl/N-ethyl adjacent to an activating group) is 1. The number of carbonyl (C=O) groups excluding carboxylic acids is 1. The molecule has 0 aliphatic heterocycles. The maximum atomic E-state index is 10.8. The topological polar surface area (TPSA) is 85.4 Å². The van der Waals surface area contributed by atoms with Gasteiger partial charge < -0.3 is 9.73 Å². The zero-order valence-electron chi connectivity index (χ0n) is 7.39. The summed E-state index contributed by atoms with van der Waals surface area (Å²) in [6, 6.07) is 2.64. The lowest BCUT2D eigenvalue weighted by Gasteiger charge is -1.87. The second-order valence-corrected chi connectivity index (χ2v) is 2.38. The van der Waals surface area contributed by atoms with E-state index in [0.29, 0.717) is 0 Å². The highest BCUT2D eigenvalue weighted by Gasteiger charge is 2.09. The number of hydrogen-bond acceptors (Lipinski definition) is 4. The molecule has 74 valence electrons. The van der Waals surface area contributed by atoms with Crippen molar-refractivity contribution in [2.75, 3.05) is 7.05 Å². The van der Waals surface area contributed by atoms with Gasteiger partial charge in [0.15, 0.2) is 0 Å². The fourth-order valence-electron chi connectivity index (χ4n) is 0.771. The van der Waals surface area contributed by atoms with E-state index >= 15 is 0 Å². The molecule has 0 saturated carbocycles. The summed E-state index contributed by atoms with van der Waals surface area (Å²) in [6.45, 7) is 0. The smallest absolute Gasteiger partial charge is 0.401 e. The summed E-state index contributed by atoms with van der Waals surface area (Å²) in [5.41, 5.74) is 0. The highest BCUT2D eigenvalue weighted by atomic mass is 16.6. The minimum atomic E-state index is -0.642. The van der Waals surface area contributed by atoms with Crippen molar-refractivity contribution < 1.29 is 14.1 Å². The van der Waals surface area contributed by atoms with Crippen molar-refractivity contribution in [1.29, 1.82) is 0 Å². The number of carbonyl (C=O) groups is 1. The van der Waals surface area contributed by atoms with Gasteiger partial charge in [-0.1, -0.05) is 0 Å². The van der Waals surface area contributed by atoms with Gasteiger partial charge in [-0.2, -0.15) is 0 Å². The normalized spacial score (nSPS) is 10.4. The van der Waals surface area contributed by atoms with Gasteiger partial charge >= 0.3 is 5.88 Å². The molecule has 1 aromatic rings. The molecular formula is C8H8N2O4. The SMILES string of the molecule is CNC(=O)C=Cc1ccc([N+](=O)[O-])o1. The van der Waals surface area contributed by atoms with Crippen LogP contribution in [0.5, 0.6) is 0 Å². The first-order valence-corrected chi connectivity index (χ1v) is 3.77. The molecule has 6 nitrogen and oxygen atoms in total. The number of rotatable bonds is 3. The fraction of sp³-hybridized carbons (Fsp3) is 0.125. The molecule has 0 aliphatic rings. The number of hydrogen-bond donors (Lipinski definition) is 1. The first-order chi connectivity index (χ1) is 6.63. The number of amides is 1. The van der Waals surface area contributed by atoms with E-state index in [1.54, 1.807) is 0 Å². The monoisotopic (exact) mass is 196 g/mol. The van der Waals surface area contributed by atoms with Crippen molar-refractivity contribution in [3.05, 3.63) is 34.1 Å². The minimum Gasteiger partial charge on any atom is -0.401 e. The van der Waals surface area contributed by atoms with Crippen LogP contribution in [-0.4, -0.2) is 17.9 Å². The Balaban J connectivity index is 2.73. The Bertz CT molecular complexity index is 380. The second kappa shape index (κ2) is 4.22. The average Bonchev–Trinajstić information content (AvgIpc) is 2.62. The third kappa shape index (κ3) is 2.44. The summed E-state index contributed by atoms with van der Waals surface area (Å²) >= 11 is 0. The van der Waals surface area contributed by atoms with Crippen LogP contribution in [-0.2, 0) is 4.79 Å². The molecule has 0 aliphatic carbocycles. The van der Waals surface area contributed by atoms with Crippen LogP contribution >= 0.6 is 0 Å². The van der Waals surface area contributed by atoms with Gasteiger partial charge in [0.2, 0.25) is 5.91 Å². The molecule has 0 spiro atoms. The molecule has 0 bridgehead atoms. The Morgan fingerprint density at radius 1 is 1.64 bits per heavy atom. The molecule has 0 aromatic carbocycles. The Morgan fingerprint density at radius 2 is 2.36 bits per heavy atom. The quantitative estimate of drug-likeness (QED) is 0.443. The van der Waals surface area contributed by atoms with E-state index in [4.69, 9.17) is 4.42 Å². The first kappa shape index (κ1) is 9.97. The van der Waals surface area contributed by atoms with Crippen molar-refractivity contribution in [2.24, 2.45) is 0 Å². The lowest BCUT2D eigenvalue weighted by atomic mass is 10.4. The first-order valence-electron chi connectivity index (χ1n) is 3.77. The lowest BCUT2D eigenvalue weighted by Crippen LogP contribution is -2.13. The Morgan fingerprint density at radius 3 is 2.86 bits per heavy atom. The summed E-state index contributed by atoms with van der Waals surface area (Å²) in [7, 11) is 1.48. The van der Waals surface area contributed by atoms with E-state index in [2.05, 4.69) is 5.32 Å². The van der Waals surface area contributed by atoms with Gasteiger partial charge in [-0.25, -0.2) is 0 Å². The molecular weight excluding hydrogens is 188 g/mol. The summed E-state index contributed by atoms with van der Waals surface area (Å²) < 4.78 is 4.77. The van der Waals surface area contributed by atoms with Crippen molar-refractivity contribution >= 4 is 17.9 Å². The van der Waals surface area contributed by atoms with Crippen LogP contribution in [0.25, 0.3) is 6.08 Å². The van der Waals surface area contributed by atoms with E-state index in [1.807, 2.05) is 0 Å². The number of nitro groups is 1. The van der Waals surface area contributed by atoms with E-state index in [-0.39, 0.29) is 17.6 Å². The minimum absolute atomic E-state index is 0.264. The molecule has 1 rings (SSSR count). The maximum absolute atomic E-state index is 10.8.